The van der Waals surface area contributed by atoms with Crippen LogP contribution in [0.1, 0.15) is 18.9 Å². The Morgan fingerprint density at radius 2 is 1.85 bits per heavy atom. The number of aromatic amines is 1. The number of rotatable bonds is 2. The zero-order valence-electron chi connectivity index (χ0n) is 14.4. The average molecular weight is 480 g/mol. The summed E-state index contributed by atoms with van der Waals surface area (Å²) < 4.78 is 16.2. The first-order valence-electron chi connectivity index (χ1n) is 8.72. The third kappa shape index (κ3) is 3.71. The fourth-order valence-electron chi connectivity index (χ4n) is 3.53. The third-order valence-electron chi connectivity index (χ3n) is 4.89. The van der Waals surface area contributed by atoms with Crippen molar-refractivity contribution in [2.75, 3.05) is 18.4 Å². The van der Waals surface area contributed by atoms with Gasteiger partial charge < -0.3 is 15.2 Å². The smallest absolute Gasteiger partial charge is 0.324 e. The van der Waals surface area contributed by atoms with Crippen molar-refractivity contribution in [3.63, 3.8) is 0 Å². The van der Waals surface area contributed by atoms with Gasteiger partial charge >= 0.3 is 11.7 Å². The second-order valence-electron chi connectivity index (χ2n) is 6.62. The summed E-state index contributed by atoms with van der Waals surface area (Å²) in [6.45, 7) is 1.11. The van der Waals surface area contributed by atoms with Crippen LogP contribution in [0.2, 0.25) is 0 Å². The molecule has 2 heterocycles. The molecule has 0 radical (unpaired) electrons. The van der Waals surface area contributed by atoms with Crippen LogP contribution in [0, 0.1) is 9.39 Å². The van der Waals surface area contributed by atoms with Crippen molar-refractivity contribution in [1.29, 1.82) is 0 Å². The standard InChI is InChI=1S/C19H18FIN4O2/c20-12-1-6-17-16(11-12)23-19(27)25(17)15-7-9-24(10-8-15)18(26)22-14-4-2-13(21)3-5-14/h1-6,11,15H,7-10H2,(H,22,26)(H,23,27). The van der Waals surface area contributed by atoms with Crippen LogP contribution < -0.4 is 11.0 Å². The monoisotopic (exact) mass is 480 g/mol. The van der Waals surface area contributed by atoms with E-state index in [9.17, 15) is 14.0 Å². The number of urea groups is 1. The van der Waals surface area contributed by atoms with Gasteiger partial charge in [0, 0.05) is 28.4 Å². The molecular formula is C19H18FIN4O2. The van der Waals surface area contributed by atoms with Crippen LogP contribution in [-0.4, -0.2) is 33.6 Å². The van der Waals surface area contributed by atoms with Crippen LogP contribution in [0.15, 0.2) is 47.3 Å². The molecule has 1 aliphatic heterocycles. The molecule has 3 aromatic rings. The van der Waals surface area contributed by atoms with E-state index in [1.54, 1.807) is 15.5 Å². The molecule has 2 aromatic carbocycles. The molecule has 0 unspecified atom stereocenters. The number of carbonyl (C=O) groups is 1. The van der Waals surface area contributed by atoms with E-state index in [0.717, 1.165) is 9.26 Å². The Labute approximate surface area is 168 Å². The molecule has 2 amide bonds. The van der Waals surface area contributed by atoms with Crippen molar-refractivity contribution in [2.45, 2.75) is 18.9 Å². The van der Waals surface area contributed by atoms with Gasteiger partial charge in [-0.25, -0.2) is 14.0 Å². The Morgan fingerprint density at radius 1 is 1.15 bits per heavy atom. The molecule has 0 spiro atoms. The first-order valence-corrected chi connectivity index (χ1v) is 9.80. The normalized spacial score (nSPS) is 15.3. The van der Waals surface area contributed by atoms with Gasteiger partial charge in [0.15, 0.2) is 0 Å². The number of amides is 2. The van der Waals surface area contributed by atoms with E-state index >= 15 is 0 Å². The van der Waals surface area contributed by atoms with Gasteiger partial charge in [0.1, 0.15) is 5.82 Å². The summed E-state index contributed by atoms with van der Waals surface area (Å²) in [6.07, 6.45) is 1.34. The first-order chi connectivity index (χ1) is 13.0. The Kier molecular flexibility index (Phi) is 4.90. The molecule has 1 fully saturated rings. The lowest BCUT2D eigenvalue weighted by Crippen LogP contribution is -2.42. The molecule has 4 rings (SSSR count). The van der Waals surface area contributed by atoms with Crippen molar-refractivity contribution in [3.8, 4) is 0 Å². The molecule has 0 atom stereocenters. The number of anilines is 1. The van der Waals surface area contributed by atoms with Gasteiger partial charge in [-0.15, -0.1) is 0 Å². The molecule has 2 N–H and O–H groups in total. The lowest BCUT2D eigenvalue weighted by atomic mass is 10.0. The number of hydrogen-bond acceptors (Lipinski definition) is 2. The summed E-state index contributed by atoms with van der Waals surface area (Å²) in [7, 11) is 0. The largest absolute Gasteiger partial charge is 0.326 e. The third-order valence-corrected chi connectivity index (χ3v) is 5.61. The van der Waals surface area contributed by atoms with Crippen LogP contribution >= 0.6 is 22.6 Å². The molecule has 1 aliphatic rings. The molecular weight excluding hydrogens is 462 g/mol. The van der Waals surface area contributed by atoms with Crippen LogP contribution in [-0.2, 0) is 0 Å². The number of nitrogens with one attached hydrogen (secondary N) is 2. The first kappa shape index (κ1) is 18.0. The summed E-state index contributed by atoms with van der Waals surface area (Å²) in [4.78, 5) is 29.3. The number of fused-ring (bicyclic) bond motifs is 1. The average Bonchev–Trinajstić information content (AvgIpc) is 2.98. The lowest BCUT2D eigenvalue weighted by Gasteiger charge is -2.32. The van der Waals surface area contributed by atoms with E-state index in [4.69, 9.17) is 0 Å². The number of H-pyrrole nitrogens is 1. The fraction of sp³-hybridized carbons (Fsp3) is 0.263. The number of halogens is 2. The van der Waals surface area contributed by atoms with Gasteiger partial charge in [0.2, 0.25) is 0 Å². The highest BCUT2D eigenvalue weighted by Gasteiger charge is 2.26. The molecule has 6 nitrogen and oxygen atoms in total. The van der Waals surface area contributed by atoms with Gasteiger partial charge in [0.05, 0.1) is 11.0 Å². The van der Waals surface area contributed by atoms with Crippen molar-refractivity contribution in [1.82, 2.24) is 14.5 Å². The number of hydrogen-bond donors (Lipinski definition) is 2. The molecule has 8 heteroatoms. The number of imidazole rings is 1. The summed E-state index contributed by atoms with van der Waals surface area (Å²) >= 11 is 2.22. The van der Waals surface area contributed by atoms with Crippen LogP contribution in [0.4, 0.5) is 14.9 Å². The Bertz CT molecular complexity index is 1040. The Hall–Kier alpha value is -2.36. The van der Waals surface area contributed by atoms with Crippen molar-refractivity contribution in [2.24, 2.45) is 0 Å². The van der Waals surface area contributed by atoms with E-state index in [-0.39, 0.29) is 23.6 Å². The van der Waals surface area contributed by atoms with E-state index in [1.807, 2.05) is 24.3 Å². The molecule has 1 saturated heterocycles. The summed E-state index contributed by atoms with van der Waals surface area (Å²) in [5, 5.41) is 2.90. The van der Waals surface area contributed by atoms with Crippen molar-refractivity contribution >= 4 is 45.3 Å². The SMILES string of the molecule is O=C(Nc1ccc(I)cc1)N1CCC(n2c(=O)[nH]c3cc(F)ccc32)CC1. The van der Waals surface area contributed by atoms with Gasteiger partial charge in [-0.2, -0.15) is 0 Å². The van der Waals surface area contributed by atoms with Crippen molar-refractivity contribution < 1.29 is 9.18 Å². The maximum absolute atomic E-state index is 13.4. The second-order valence-corrected chi connectivity index (χ2v) is 7.86. The van der Waals surface area contributed by atoms with Crippen molar-refractivity contribution in [3.05, 3.63) is 62.3 Å². The summed E-state index contributed by atoms with van der Waals surface area (Å²) in [5.74, 6) is -0.377. The maximum Gasteiger partial charge on any atom is 0.326 e. The number of piperidine rings is 1. The predicted molar refractivity (Wildman–Crippen MR) is 111 cm³/mol. The highest BCUT2D eigenvalue weighted by Crippen LogP contribution is 2.25. The van der Waals surface area contributed by atoms with Crippen LogP contribution in [0.3, 0.4) is 0 Å². The molecule has 0 bridgehead atoms. The van der Waals surface area contributed by atoms with E-state index in [1.165, 1.54) is 12.1 Å². The minimum atomic E-state index is -0.377. The van der Waals surface area contributed by atoms with E-state index in [2.05, 4.69) is 32.9 Å². The number of benzene rings is 2. The molecule has 27 heavy (non-hydrogen) atoms. The maximum atomic E-state index is 13.4. The summed E-state index contributed by atoms with van der Waals surface area (Å²) in [6, 6.07) is 11.8. The molecule has 140 valence electrons. The van der Waals surface area contributed by atoms with Gasteiger partial charge in [-0.1, -0.05) is 0 Å². The molecule has 0 aliphatic carbocycles. The zero-order valence-corrected chi connectivity index (χ0v) is 16.6. The van der Waals surface area contributed by atoms with Gasteiger partial charge in [-0.3, -0.25) is 4.57 Å². The van der Waals surface area contributed by atoms with E-state index < -0.39 is 0 Å². The van der Waals surface area contributed by atoms with Gasteiger partial charge in [0.25, 0.3) is 0 Å². The zero-order chi connectivity index (χ0) is 19.0. The number of nitrogens with zero attached hydrogens (tertiary/aromatic N) is 2. The predicted octanol–water partition coefficient (Wildman–Crippen LogP) is 3.94. The minimum Gasteiger partial charge on any atom is -0.324 e. The summed E-state index contributed by atoms with van der Waals surface area (Å²) in [5.41, 5.74) is 1.72. The second kappa shape index (κ2) is 7.34. The Balaban J connectivity index is 1.44. The number of likely N-dealkylation sites (tertiary alicyclic amines) is 1. The Morgan fingerprint density at radius 3 is 2.56 bits per heavy atom. The van der Waals surface area contributed by atoms with Crippen LogP contribution in [0.5, 0.6) is 0 Å². The number of aromatic nitrogens is 2. The highest BCUT2D eigenvalue weighted by molar-refractivity contribution is 14.1. The lowest BCUT2D eigenvalue weighted by molar-refractivity contribution is 0.184. The van der Waals surface area contributed by atoms with Gasteiger partial charge in [-0.05, 0) is 77.9 Å². The number of carbonyl (C=O) groups excluding carboxylic acids is 1. The fourth-order valence-corrected chi connectivity index (χ4v) is 3.89. The quantitative estimate of drug-likeness (QED) is 0.546. The highest BCUT2D eigenvalue weighted by atomic mass is 127. The van der Waals surface area contributed by atoms with E-state index in [0.29, 0.717) is 37.0 Å². The minimum absolute atomic E-state index is 0.0148. The topological polar surface area (TPSA) is 70.1 Å². The van der Waals surface area contributed by atoms with Crippen LogP contribution in [0.25, 0.3) is 11.0 Å². The molecule has 1 aromatic heterocycles. The molecule has 0 saturated carbocycles.